The van der Waals surface area contributed by atoms with Gasteiger partial charge in [0.05, 0.1) is 5.52 Å². The van der Waals surface area contributed by atoms with Gasteiger partial charge in [0.15, 0.2) is 0 Å². The van der Waals surface area contributed by atoms with Crippen molar-refractivity contribution < 1.29 is 266 Å². The number of benzene rings is 5. The number of pyridine rings is 6. The summed E-state index contributed by atoms with van der Waals surface area (Å²) in [6.07, 6.45) is 31.4. The third-order valence-electron chi connectivity index (χ3n) is 13.7. The molecular formula is C102H120N6OS2Y8-16. The van der Waals surface area contributed by atoms with E-state index in [2.05, 4.69) is 99.0 Å². The molecule has 0 atom stereocenters. The van der Waals surface area contributed by atoms with E-state index in [1.54, 1.807) is 65.7 Å². The second-order valence-corrected chi connectivity index (χ2v) is 21.9. The van der Waals surface area contributed by atoms with Crippen LogP contribution in [0.4, 0.5) is 0 Å². The zero-order valence-electron chi connectivity index (χ0n) is 75.8. The Morgan fingerprint density at radius 1 is 0.345 bits per heavy atom. The van der Waals surface area contributed by atoms with E-state index in [0.29, 0.717) is 0 Å². The second-order valence-electron chi connectivity index (χ2n) is 19.6. The second kappa shape index (κ2) is 95.1. The molecule has 0 aliphatic rings. The number of hydrogen-bond acceptors (Lipinski definition) is 9. The van der Waals surface area contributed by atoms with Crippen molar-refractivity contribution in [2.75, 3.05) is 0 Å². The Labute approximate surface area is 932 Å². The van der Waals surface area contributed by atoms with Gasteiger partial charge in [-0.1, -0.05) is 268 Å². The minimum absolute atomic E-state index is 0. The number of aromatic nitrogens is 6. The van der Waals surface area contributed by atoms with Gasteiger partial charge in [0.2, 0.25) is 0 Å². The number of rotatable bonds is 8. The smallest absolute Gasteiger partial charge is 0.0543 e. The van der Waals surface area contributed by atoms with Crippen molar-refractivity contribution in [1.29, 1.82) is 0 Å². The van der Waals surface area contributed by atoms with Crippen LogP contribution in [0.3, 0.4) is 0 Å². The molecule has 14 rings (SSSR count). The molecule has 9 aromatic heterocycles. The van der Waals surface area contributed by atoms with Gasteiger partial charge in [0, 0.05) is 298 Å². The SMILES string of the molecule is CC.CC.CC.CC.CC.CC.CC.CC.CC.CC.[CH-]=Cc1[c-]c(C)c(C)s1.[CH-]=Cc1[c-]cc2ccncc2c1.[CH-]=Cc1[c-]cc2cnccc2c1.[CH-]=Cc1[c-]cc2ncccc2c1.[CH-]=Cc1[c-]nc2c(ccc3cccnc32)c1.[CH-]=Cc1[c-]nc2ccccc2c1.[CH-]=Cc1[c-]oc(C)c1C.[CH-]=Cc1[c-]sc(C)c1C.[Y].[Y].[Y].[Y].[Y].[Y].[Y].[Y]. The molecule has 0 saturated carbocycles. The van der Waals surface area contributed by atoms with Crippen molar-refractivity contribution in [2.45, 2.75) is 180 Å². The predicted octanol–water partition coefficient (Wildman–Crippen LogP) is 30.6. The molecule has 0 aliphatic carbocycles. The molecule has 616 valence electrons. The maximum atomic E-state index is 5.44. The summed E-state index contributed by atoms with van der Waals surface area (Å²) in [5.74, 6) is 0.881. The minimum atomic E-state index is 0. The Kier molecular flexibility index (Phi) is 114. The number of fused-ring (bicyclic) bond motifs is 7. The van der Waals surface area contributed by atoms with Crippen LogP contribution < -0.4 is 0 Å². The van der Waals surface area contributed by atoms with E-state index >= 15 is 0 Å². The normalized spacial score (nSPS) is 8.15. The van der Waals surface area contributed by atoms with Gasteiger partial charge in [-0.3, -0.25) is 59.5 Å². The van der Waals surface area contributed by atoms with Crippen LogP contribution in [0.5, 0.6) is 0 Å². The fraction of sp³-hybridized carbons (Fsp3) is 0.255. The number of hydrogen-bond donors (Lipinski definition) is 0. The standard InChI is InChI=1S/C14H8N2.4C11H7N.C8H8O.2C8H8S.10C2H6.8Y/c1-2-10-8-12-6-5-11-4-3-7-15-13(11)14(12)16-9-10;1-2-9-3-4-11-8-12-6-5-10(11)7-9;1-2-9-3-4-10-5-6-12-8-11(10)7-9;1-2-9-5-6-11-10(8-9)4-3-7-12-11;1-2-9-7-10-5-3-4-6-11(10)12-8-9;2*1-4-8-5-9-7(3)6(8)2;1-4-8-5-6(2)7(3)9-8;10*1-2;;;;;;;;/h1-8H;2*1-2,4-8H;1-4,6-8H;1-7H;3*1,4H,2-3H3;10*1-2H3;;;;;;;;/q8*-2;;;;;;;;;;;;;;;;;;. The first-order valence-corrected chi connectivity index (χ1v) is 39.8. The summed E-state index contributed by atoms with van der Waals surface area (Å²) in [4.78, 5) is 28.6. The van der Waals surface area contributed by atoms with Crippen LogP contribution in [0.25, 0.3) is 114 Å². The number of para-hydroxylation sites is 1. The Hall–Kier alpha value is -2.01. The molecule has 8 radical (unpaired) electrons. The van der Waals surface area contributed by atoms with E-state index in [4.69, 9.17) is 57.0 Å². The zero-order valence-corrected chi connectivity index (χ0v) is 100. The topological polar surface area (TPSA) is 90.5 Å². The van der Waals surface area contributed by atoms with Crippen LogP contribution in [0, 0.1) is 142 Å². The largest absolute Gasteiger partial charge is 0.583 e. The van der Waals surface area contributed by atoms with Crippen LogP contribution in [-0.4, -0.2) is 29.9 Å². The molecular weight excluding hydrogens is 2100 g/mol. The minimum Gasteiger partial charge on any atom is -0.583 e. The molecule has 0 saturated heterocycles. The molecule has 0 aliphatic heterocycles. The molecule has 0 bridgehead atoms. The fourth-order valence-electron chi connectivity index (χ4n) is 8.19. The van der Waals surface area contributed by atoms with Crippen LogP contribution in [0.15, 0.2) is 163 Å². The fourth-order valence-corrected chi connectivity index (χ4v) is 9.74. The Morgan fingerprint density at radius 3 is 1.21 bits per heavy atom. The summed E-state index contributed by atoms with van der Waals surface area (Å²) in [6, 6.07) is 51.4. The van der Waals surface area contributed by atoms with Crippen molar-refractivity contribution in [3.05, 3.63) is 335 Å². The van der Waals surface area contributed by atoms with E-state index in [-0.39, 0.29) is 262 Å². The number of nitrogens with zero attached hydrogens (tertiary/aromatic N) is 6. The van der Waals surface area contributed by atoms with Crippen LogP contribution in [0.2, 0.25) is 0 Å². The van der Waals surface area contributed by atoms with Crippen molar-refractivity contribution in [3.63, 3.8) is 0 Å². The van der Waals surface area contributed by atoms with Gasteiger partial charge in [-0.15, -0.1) is 44.4 Å². The number of aryl methyl sites for hydroxylation is 4. The molecule has 119 heavy (non-hydrogen) atoms. The molecule has 0 N–H and O–H groups in total. The first-order valence-electron chi connectivity index (χ1n) is 38.2. The van der Waals surface area contributed by atoms with Crippen molar-refractivity contribution in [3.8, 4) is 0 Å². The maximum absolute atomic E-state index is 5.44. The molecule has 9 heterocycles. The van der Waals surface area contributed by atoms with Gasteiger partial charge in [-0.25, -0.2) is 59.7 Å². The van der Waals surface area contributed by atoms with Crippen LogP contribution in [-0.2, 0) is 262 Å². The molecule has 14 aromatic rings. The average molecular weight is 2220 g/mol. The third-order valence-corrected chi connectivity index (χ3v) is 15.7. The molecule has 17 heteroatoms. The predicted molar refractivity (Wildman–Crippen MR) is 494 cm³/mol. The molecule has 0 spiro atoms. The number of furan rings is 1. The monoisotopic (exact) mass is 2220 g/mol. The number of thiophene rings is 2. The Bertz CT molecular complexity index is 4450. The van der Waals surface area contributed by atoms with E-state index in [1.807, 2.05) is 293 Å². The third kappa shape index (κ3) is 55.4. The quantitative estimate of drug-likeness (QED) is 0.111. The van der Waals surface area contributed by atoms with E-state index in [9.17, 15) is 0 Å². The maximum Gasteiger partial charge on any atom is 0.0543 e. The van der Waals surface area contributed by atoms with E-state index < -0.39 is 0 Å². The first kappa shape index (κ1) is 143. The van der Waals surface area contributed by atoms with Gasteiger partial charge >= 0.3 is 0 Å². The summed E-state index contributed by atoms with van der Waals surface area (Å²) < 4.78 is 4.95. The van der Waals surface area contributed by atoms with Crippen molar-refractivity contribution in [1.82, 2.24) is 29.9 Å². The van der Waals surface area contributed by atoms with Crippen LogP contribution in [0.1, 0.15) is 215 Å². The molecule has 0 amide bonds. The van der Waals surface area contributed by atoms with Gasteiger partial charge in [-0.2, -0.15) is 23.1 Å². The van der Waals surface area contributed by atoms with E-state index in [0.717, 1.165) is 120 Å². The van der Waals surface area contributed by atoms with Crippen molar-refractivity contribution in [2.24, 2.45) is 0 Å². The molecule has 0 fully saturated rings. The summed E-state index contributed by atoms with van der Waals surface area (Å²) in [6.45, 7) is 94.8. The van der Waals surface area contributed by atoms with Gasteiger partial charge in [0.25, 0.3) is 0 Å². The summed E-state index contributed by atoms with van der Waals surface area (Å²) >= 11 is 3.30. The first-order chi connectivity index (χ1) is 54.2. The summed E-state index contributed by atoms with van der Waals surface area (Å²) in [7, 11) is 0. The van der Waals surface area contributed by atoms with Gasteiger partial charge < -0.3 is 149 Å². The summed E-state index contributed by atoms with van der Waals surface area (Å²) in [5.41, 5.74) is 13.4. The Balaban J connectivity index is -0.000000106. The van der Waals surface area contributed by atoms with Crippen molar-refractivity contribution >= 4 is 136 Å². The van der Waals surface area contributed by atoms with Gasteiger partial charge in [-0.05, 0) is 40.5 Å². The van der Waals surface area contributed by atoms with E-state index in [1.165, 1.54) is 51.3 Å². The van der Waals surface area contributed by atoms with Crippen LogP contribution >= 0.6 is 22.7 Å². The average Bonchev–Trinajstić information content (AvgIpc) is 1.63. The molecule has 0 unspecified atom stereocenters. The molecule has 5 aromatic carbocycles. The molecule has 7 nitrogen and oxygen atoms in total. The Morgan fingerprint density at radius 2 is 0.765 bits per heavy atom. The summed E-state index contributed by atoms with van der Waals surface area (Å²) in [5, 5.41) is 11.8. The van der Waals surface area contributed by atoms with Gasteiger partial charge in [0.1, 0.15) is 0 Å². The zero-order chi connectivity index (χ0) is 85.1.